The maximum Gasteiger partial charge on any atom is 0.243 e. The van der Waals surface area contributed by atoms with Crippen molar-refractivity contribution in [2.45, 2.75) is 26.2 Å². The van der Waals surface area contributed by atoms with Crippen LogP contribution in [0.1, 0.15) is 24.3 Å². The first-order chi connectivity index (χ1) is 14.4. The Morgan fingerprint density at radius 2 is 1.93 bits per heavy atom. The summed E-state index contributed by atoms with van der Waals surface area (Å²) in [6.07, 6.45) is 3.19. The molecule has 156 valence electrons. The average Bonchev–Trinajstić information content (AvgIpc) is 3.19. The lowest BCUT2D eigenvalue weighted by molar-refractivity contribution is -0.133. The zero-order valence-electron chi connectivity index (χ0n) is 17.0. The largest absolute Gasteiger partial charge is 0.441 e. The van der Waals surface area contributed by atoms with Crippen molar-refractivity contribution in [1.82, 2.24) is 9.88 Å². The molecule has 3 aromatic rings. The van der Waals surface area contributed by atoms with E-state index in [1.165, 1.54) is 4.90 Å². The molecule has 0 unspecified atom stereocenters. The van der Waals surface area contributed by atoms with Gasteiger partial charge in [0.25, 0.3) is 0 Å². The molecule has 0 fully saturated rings. The van der Waals surface area contributed by atoms with Crippen molar-refractivity contribution in [3.63, 3.8) is 0 Å². The van der Waals surface area contributed by atoms with Gasteiger partial charge >= 0.3 is 0 Å². The Morgan fingerprint density at radius 1 is 1.17 bits per heavy atom. The fourth-order valence-corrected chi connectivity index (χ4v) is 3.48. The first-order valence-corrected chi connectivity index (χ1v) is 10.5. The number of nitrogens with one attached hydrogen (secondary N) is 1. The van der Waals surface area contributed by atoms with E-state index in [1.807, 2.05) is 55.5 Å². The van der Waals surface area contributed by atoms with Gasteiger partial charge in [0.1, 0.15) is 0 Å². The van der Waals surface area contributed by atoms with Gasteiger partial charge in [-0.3, -0.25) is 9.59 Å². The van der Waals surface area contributed by atoms with Gasteiger partial charge in [0.15, 0.2) is 11.7 Å². The summed E-state index contributed by atoms with van der Waals surface area (Å²) in [6.45, 7) is 1.92. The molecule has 3 rings (SSSR count). The number of carbonyl (C=O) groups is 2. The highest BCUT2D eigenvalue weighted by atomic mass is 79.9. The van der Waals surface area contributed by atoms with Crippen LogP contribution in [0.25, 0.3) is 11.3 Å². The Hall–Kier alpha value is -2.93. The number of nitrogens with zero attached hydrogens (tertiary/aromatic N) is 2. The molecular weight excluding hydrogens is 446 g/mol. The third kappa shape index (κ3) is 6.03. The van der Waals surface area contributed by atoms with Crippen LogP contribution in [0, 0.1) is 6.92 Å². The number of amides is 2. The van der Waals surface area contributed by atoms with Gasteiger partial charge < -0.3 is 14.6 Å². The molecule has 2 amide bonds. The van der Waals surface area contributed by atoms with Crippen LogP contribution in [0.5, 0.6) is 0 Å². The molecule has 2 aromatic carbocycles. The van der Waals surface area contributed by atoms with E-state index in [9.17, 15) is 9.59 Å². The summed E-state index contributed by atoms with van der Waals surface area (Å²) >= 11 is 3.40. The number of rotatable bonds is 8. The first kappa shape index (κ1) is 21.8. The molecule has 0 atom stereocenters. The Morgan fingerprint density at radius 3 is 2.67 bits per heavy atom. The van der Waals surface area contributed by atoms with E-state index in [4.69, 9.17) is 4.42 Å². The smallest absolute Gasteiger partial charge is 0.243 e. The number of carbonyl (C=O) groups excluding carboxylic acids is 2. The number of aromatic nitrogens is 1. The molecule has 0 saturated carbocycles. The molecular formula is C23H24BrN3O3. The molecule has 30 heavy (non-hydrogen) atoms. The van der Waals surface area contributed by atoms with E-state index in [-0.39, 0.29) is 18.4 Å². The number of hydrogen-bond acceptors (Lipinski definition) is 4. The number of benzene rings is 2. The molecule has 1 N–H and O–H groups in total. The van der Waals surface area contributed by atoms with Crippen molar-refractivity contribution in [2.75, 3.05) is 18.9 Å². The second-order valence-electron chi connectivity index (χ2n) is 7.10. The Kier molecular flexibility index (Phi) is 7.41. The van der Waals surface area contributed by atoms with E-state index < -0.39 is 0 Å². The zero-order valence-corrected chi connectivity index (χ0v) is 18.6. The number of aryl methyl sites for hydroxylation is 2. The number of halogens is 1. The Balaban J connectivity index is 1.43. The molecule has 0 aliphatic carbocycles. The third-order valence-electron chi connectivity index (χ3n) is 4.66. The molecule has 0 aliphatic heterocycles. The highest BCUT2D eigenvalue weighted by molar-refractivity contribution is 9.10. The van der Waals surface area contributed by atoms with E-state index in [0.717, 1.165) is 21.3 Å². The first-order valence-electron chi connectivity index (χ1n) is 9.72. The van der Waals surface area contributed by atoms with E-state index >= 15 is 0 Å². The minimum absolute atomic E-state index is 0.00545. The van der Waals surface area contributed by atoms with Crippen LogP contribution in [0.4, 0.5) is 5.69 Å². The number of anilines is 1. The number of likely N-dealkylation sites (N-methyl/N-ethyl adjacent to an activating group) is 1. The lowest BCUT2D eigenvalue weighted by atomic mass is 10.2. The summed E-state index contributed by atoms with van der Waals surface area (Å²) in [4.78, 5) is 30.3. The van der Waals surface area contributed by atoms with E-state index in [2.05, 4.69) is 26.2 Å². The molecule has 0 spiro atoms. The van der Waals surface area contributed by atoms with Crippen LogP contribution >= 0.6 is 15.9 Å². The molecule has 1 heterocycles. The summed E-state index contributed by atoms with van der Waals surface area (Å²) in [6, 6.07) is 15.4. The summed E-state index contributed by atoms with van der Waals surface area (Å²) in [7, 11) is 1.63. The normalized spacial score (nSPS) is 10.6. The fourth-order valence-electron chi connectivity index (χ4n) is 3.00. The molecule has 1 aromatic heterocycles. The number of hydrogen-bond donors (Lipinski definition) is 1. The van der Waals surface area contributed by atoms with Crippen molar-refractivity contribution < 1.29 is 14.0 Å². The predicted octanol–water partition coefficient (Wildman–Crippen LogP) is 4.83. The molecule has 0 saturated heterocycles. The van der Waals surface area contributed by atoms with Crippen molar-refractivity contribution in [1.29, 1.82) is 0 Å². The van der Waals surface area contributed by atoms with Crippen molar-refractivity contribution in [2.24, 2.45) is 0 Å². The standard InChI is InChI=1S/C23H24BrN3O3/c1-16-13-18(24)11-12-19(16)26-21(28)15-27(2)23(29)10-6-9-22-25-14-20(30-22)17-7-4-3-5-8-17/h3-5,7-8,11-14H,6,9-10,15H2,1-2H3,(H,26,28). The van der Waals surface area contributed by atoms with Crippen LogP contribution in [0.2, 0.25) is 0 Å². The van der Waals surface area contributed by atoms with Crippen molar-refractivity contribution in [3.8, 4) is 11.3 Å². The van der Waals surface area contributed by atoms with Gasteiger partial charge in [-0.15, -0.1) is 0 Å². The molecule has 0 bridgehead atoms. The highest BCUT2D eigenvalue weighted by Gasteiger charge is 2.14. The topological polar surface area (TPSA) is 75.4 Å². The van der Waals surface area contributed by atoms with E-state index in [1.54, 1.807) is 13.2 Å². The van der Waals surface area contributed by atoms with Crippen molar-refractivity contribution >= 4 is 33.4 Å². The Bertz CT molecular complexity index is 1020. The van der Waals surface area contributed by atoms with Gasteiger partial charge in [0, 0.05) is 35.6 Å². The number of oxazole rings is 1. The van der Waals surface area contributed by atoms with Crippen LogP contribution in [-0.2, 0) is 16.0 Å². The highest BCUT2D eigenvalue weighted by Crippen LogP contribution is 2.21. The van der Waals surface area contributed by atoms with Gasteiger partial charge in [-0.25, -0.2) is 4.98 Å². The van der Waals surface area contributed by atoms with Gasteiger partial charge in [-0.2, -0.15) is 0 Å². The summed E-state index contributed by atoms with van der Waals surface area (Å²) in [5.74, 6) is 1.01. The average molecular weight is 470 g/mol. The third-order valence-corrected chi connectivity index (χ3v) is 5.16. The molecule has 6 nitrogen and oxygen atoms in total. The SMILES string of the molecule is Cc1cc(Br)ccc1NC(=O)CN(C)C(=O)CCCc1ncc(-c2ccccc2)o1. The quantitative estimate of drug-likeness (QED) is 0.512. The second-order valence-corrected chi connectivity index (χ2v) is 8.01. The van der Waals surface area contributed by atoms with Gasteiger partial charge in [-0.05, 0) is 37.1 Å². The van der Waals surface area contributed by atoms with Crippen LogP contribution < -0.4 is 5.32 Å². The van der Waals surface area contributed by atoms with Gasteiger partial charge in [-0.1, -0.05) is 46.3 Å². The predicted molar refractivity (Wildman–Crippen MR) is 120 cm³/mol. The van der Waals surface area contributed by atoms with Crippen molar-refractivity contribution in [3.05, 3.63) is 70.7 Å². The lowest BCUT2D eigenvalue weighted by Crippen LogP contribution is -2.34. The fraction of sp³-hybridized carbons (Fsp3) is 0.261. The maximum absolute atomic E-state index is 12.3. The monoisotopic (exact) mass is 469 g/mol. The maximum atomic E-state index is 12.3. The van der Waals surface area contributed by atoms with Crippen LogP contribution in [-0.4, -0.2) is 35.3 Å². The summed E-state index contributed by atoms with van der Waals surface area (Å²) in [5, 5.41) is 2.84. The van der Waals surface area contributed by atoms with Crippen LogP contribution in [0.3, 0.4) is 0 Å². The Labute approximate surface area is 184 Å². The summed E-state index contributed by atoms with van der Waals surface area (Å²) < 4.78 is 6.71. The summed E-state index contributed by atoms with van der Waals surface area (Å²) in [5.41, 5.74) is 2.66. The minimum atomic E-state index is -0.225. The molecule has 0 radical (unpaired) electrons. The molecule has 7 heteroatoms. The van der Waals surface area contributed by atoms with Gasteiger partial charge in [0.2, 0.25) is 11.8 Å². The minimum Gasteiger partial charge on any atom is -0.441 e. The van der Waals surface area contributed by atoms with Crippen LogP contribution in [0.15, 0.2) is 63.6 Å². The lowest BCUT2D eigenvalue weighted by Gasteiger charge is -2.17. The zero-order chi connectivity index (χ0) is 21.5. The second kappa shape index (κ2) is 10.2. The van der Waals surface area contributed by atoms with Gasteiger partial charge in [0.05, 0.1) is 12.7 Å². The molecule has 0 aliphatic rings. The van der Waals surface area contributed by atoms with E-state index in [0.29, 0.717) is 30.9 Å².